The number of hydrogen-bond donors (Lipinski definition) is 1. The van der Waals surface area contributed by atoms with Crippen molar-refractivity contribution in [2.24, 2.45) is 0 Å². The molecule has 0 atom stereocenters. The number of nitrogens with zero attached hydrogens (tertiary/aromatic N) is 2. The van der Waals surface area contributed by atoms with Crippen LogP contribution < -0.4 is 14.9 Å². The van der Waals surface area contributed by atoms with Crippen molar-refractivity contribution in [1.82, 2.24) is 15.3 Å². The smallest absolute Gasteiger partial charge is 0.265 e. The summed E-state index contributed by atoms with van der Waals surface area (Å²) in [5.41, 5.74) is 3.44. The van der Waals surface area contributed by atoms with E-state index in [9.17, 15) is 4.79 Å². The zero-order valence-electron chi connectivity index (χ0n) is 12.2. The van der Waals surface area contributed by atoms with Crippen LogP contribution in [-0.2, 0) is 0 Å². The lowest BCUT2D eigenvalue weighted by Crippen LogP contribution is -2.52. The molecule has 0 bridgehead atoms. The predicted molar refractivity (Wildman–Crippen MR) is 76.1 cm³/mol. The number of hydrogen-bond acceptors (Lipinski definition) is 5. The van der Waals surface area contributed by atoms with Crippen LogP contribution in [0.5, 0.6) is 11.5 Å². The van der Waals surface area contributed by atoms with Gasteiger partial charge in [-0.15, -0.1) is 0 Å². The van der Waals surface area contributed by atoms with Crippen LogP contribution in [0.4, 0.5) is 0 Å². The first kappa shape index (κ1) is 14.6. The molecule has 2 rings (SSSR count). The number of carbonyl (C=O) groups is 1. The van der Waals surface area contributed by atoms with Gasteiger partial charge in [0.25, 0.3) is 5.91 Å². The average molecular weight is 279 g/mol. The SMILES string of the molecule is COc1cc(OC)cc(C(=O)NN2CCN(C)CC2)c1. The minimum absolute atomic E-state index is 0.147. The molecule has 1 fully saturated rings. The van der Waals surface area contributed by atoms with Crippen molar-refractivity contribution in [3.8, 4) is 11.5 Å². The second-order valence-corrected chi connectivity index (χ2v) is 4.83. The maximum atomic E-state index is 12.3. The van der Waals surface area contributed by atoms with Crippen molar-refractivity contribution in [3.05, 3.63) is 23.8 Å². The van der Waals surface area contributed by atoms with Crippen LogP contribution in [0.1, 0.15) is 10.4 Å². The molecule has 1 amide bonds. The second kappa shape index (κ2) is 6.58. The first-order chi connectivity index (χ1) is 9.62. The Hall–Kier alpha value is -1.79. The molecule has 0 unspecified atom stereocenters. The molecule has 1 aromatic rings. The van der Waals surface area contributed by atoms with E-state index in [1.807, 2.05) is 5.01 Å². The first-order valence-electron chi connectivity index (χ1n) is 6.60. The highest BCUT2D eigenvalue weighted by molar-refractivity contribution is 5.94. The van der Waals surface area contributed by atoms with E-state index in [0.717, 1.165) is 26.2 Å². The lowest BCUT2D eigenvalue weighted by molar-refractivity contribution is 0.0662. The Morgan fingerprint density at radius 3 is 2.10 bits per heavy atom. The summed E-state index contributed by atoms with van der Waals surface area (Å²) in [7, 11) is 5.21. The third-order valence-corrected chi connectivity index (χ3v) is 3.38. The minimum Gasteiger partial charge on any atom is -0.497 e. The first-order valence-corrected chi connectivity index (χ1v) is 6.60. The van der Waals surface area contributed by atoms with Gasteiger partial charge < -0.3 is 14.4 Å². The standard InChI is InChI=1S/C14H21N3O3/c1-16-4-6-17(7-5-16)15-14(18)11-8-12(19-2)10-13(9-11)20-3/h8-10H,4-7H2,1-3H3,(H,15,18). The van der Waals surface area contributed by atoms with Crippen LogP contribution in [0.25, 0.3) is 0 Å². The molecule has 1 heterocycles. The summed E-state index contributed by atoms with van der Waals surface area (Å²) in [5.74, 6) is 1.06. The van der Waals surface area contributed by atoms with Gasteiger partial charge in [0.15, 0.2) is 0 Å². The fourth-order valence-electron chi connectivity index (χ4n) is 2.06. The Morgan fingerprint density at radius 2 is 1.60 bits per heavy atom. The topological polar surface area (TPSA) is 54.0 Å². The molecule has 0 aromatic heterocycles. The van der Waals surface area contributed by atoms with Gasteiger partial charge in [-0.25, -0.2) is 5.01 Å². The molecule has 1 aliphatic rings. The maximum absolute atomic E-state index is 12.3. The van der Waals surface area contributed by atoms with Crippen LogP contribution in [0.15, 0.2) is 18.2 Å². The molecule has 1 N–H and O–H groups in total. The van der Waals surface area contributed by atoms with Gasteiger partial charge in [-0.2, -0.15) is 0 Å². The zero-order chi connectivity index (χ0) is 14.5. The van der Waals surface area contributed by atoms with E-state index < -0.39 is 0 Å². The van der Waals surface area contributed by atoms with E-state index in [1.54, 1.807) is 32.4 Å². The highest BCUT2D eigenvalue weighted by Crippen LogP contribution is 2.22. The molecule has 6 heteroatoms. The summed E-state index contributed by atoms with van der Waals surface area (Å²) in [6.45, 7) is 3.54. The number of hydrazine groups is 1. The van der Waals surface area contributed by atoms with Crippen molar-refractivity contribution < 1.29 is 14.3 Å². The number of ether oxygens (including phenoxy) is 2. The van der Waals surface area contributed by atoms with E-state index in [-0.39, 0.29) is 5.91 Å². The number of nitrogens with one attached hydrogen (secondary N) is 1. The Morgan fingerprint density at radius 1 is 1.05 bits per heavy atom. The van der Waals surface area contributed by atoms with Gasteiger partial charge in [0.05, 0.1) is 14.2 Å². The van der Waals surface area contributed by atoms with Gasteiger partial charge in [-0.3, -0.25) is 10.2 Å². The number of carbonyl (C=O) groups excluding carboxylic acids is 1. The number of likely N-dealkylation sites (N-methyl/N-ethyl adjacent to an activating group) is 1. The summed E-state index contributed by atoms with van der Waals surface area (Å²) in [6, 6.07) is 5.15. The lowest BCUT2D eigenvalue weighted by Gasteiger charge is -2.32. The minimum atomic E-state index is -0.147. The summed E-state index contributed by atoms with van der Waals surface area (Å²) >= 11 is 0. The Kier molecular flexibility index (Phi) is 4.81. The number of benzene rings is 1. The molecule has 110 valence electrons. The lowest BCUT2D eigenvalue weighted by atomic mass is 10.2. The summed E-state index contributed by atoms with van der Waals surface area (Å²) in [6.07, 6.45) is 0. The summed E-state index contributed by atoms with van der Waals surface area (Å²) < 4.78 is 10.3. The van der Waals surface area contributed by atoms with Gasteiger partial charge in [0, 0.05) is 37.8 Å². The van der Waals surface area contributed by atoms with Gasteiger partial charge in [0.2, 0.25) is 0 Å². The fraction of sp³-hybridized carbons (Fsp3) is 0.500. The van der Waals surface area contributed by atoms with Gasteiger partial charge >= 0.3 is 0 Å². The maximum Gasteiger partial charge on any atom is 0.265 e. The largest absolute Gasteiger partial charge is 0.497 e. The van der Waals surface area contributed by atoms with E-state index in [1.165, 1.54) is 0 Å². The summed E-state index contributed by atoms with van der Waals surface area (Å²) in [5, 5.41) is 1.94. The average Bonchev–Trinajstić information content (AvgIpc) is 2.48. The third kappa shape index (κ3) is 3.61. The van der Waals surface area contributed by atoms with Crippen molar-refractivity contribution >= 4 is 5.91 Å². The molecule has 1 saturated heterocycles. The van der Waals surface area contributed by atoms with E-state index in [2.05, 4.69) is 17.4 Å². The predicted octanol–water partition coefficient (Wildman–Crippen LogP) is 0.596. The monoisotopic (exact) mass is 279 g/mol. The Labute approximate surface area is 119 Å². The fourth-order valence-corrected chi connectivity index (χ4v) is 2.06. The molecule has 0 radical (unpaired) electrons. The molecular formula is C14H21N3O3. The van der Waals surface area contributed by atoms with Gasteiger partial charge in [-0.05, 0) is 19.2 Å². The molecule has 0 spiro atoms. The van der Waals surface area contributed by atoms with Crippen LogP contribution in [-0.4, -0.2) is 63.3 Å². The van der Waals surface area contributed by atoms with Crippen LogP contribution in [0, 0.1) is 0 Å². The molecule has 0 saturated carbocycles. The zero-order valence-corrected chi connectivity index (χ0v) is 12.2. The van der Waals surface area contributed by atoms with E-state index >= 15 is 0 Å². The molecule has 6 nitrogen and oxygen atoms in total. The van der Waals surface area contributed by atoms with E-state index in [4.69, 9.17) is 9.47 Å². The van der Waals surface area contributed by atoms with Crippen molar-refractivity contribution in [1.29, 1.82) is 0 Å². The van der Waals surface area contributed by atoms with Crippen molar-refractivity contribution in [3.63, 3.8) is 0 Å². The number of rotatable bonds is 4. The third-order valence-electron chi connectivity index (χ3n) is 3.38. The number of methoxy groups -OCH3 is 2. The second-order valence-electron chi connectivity index (χ2n) is 4.83. The molecule has 0 aliphatic carbocycles. The summed E-state index contributed by atoms with van der Waals surface area (Å²) in [4.78, 5) is 14.5. The van der Waals surface area contributed by atoms with Crippen LogP contribution in [0.2, 0.25) is 0 Å². The van der Waals surface area contributed by atoms with E-state index in [0.29, 0.717) is 17.1 Å². The van der Waals surface area contributed by atoms with Crippen molar-refractivity contribution in [2.75, 3.05) is 47.4 Å². The Balaban J connectivity index is 2.04. The normalized spacial score (nSPS) is 16.8. The van der Waals surface area contributed by atoms with Crippen molar-refractivity contribution in [2.45, 2.75) is 0 Å². The molecular weight excluding hydrogens is 258 g/mol. The number of amides is 1. The molecule has 1 aromatic carbocycles. The molecule has 1 aliphatic heterocycles. The number of piperazine rings is 1. The van der Waals surface area contributed by atoms with Crippen LogP contribution in [0.3, 0.4) is 0 Å². The van der Waals surface area contributed by atoms with Gasteiger partial charge in [-0.1, -0.05) is 0 Å². The Bertz CT molecular complexity index is 448. The van der Waals surface area contributed by atoms with Gasteiger partial charge in [0.1, 0.15) is 11.5 Å². The van der Waals surface area contributed by atoms with Crippen LogP contribution >= 0.6 is 0 Å². The highest BCUT2D eigenvalue weighted by Gasteiger charge is 2.17. The quantitative estimate of drug-likeness (QED) is 0.874. The molecule has 20 heavy (non-hydrogen) atoms. The highest BCUT2D eigenvalue weighted by atomic mass is 16.5.